The second-order valence-corrected chi connectivity index (χ2v) is 8.68. The summed E-state index contributed by atoms with van der Waals surface area (Å²) in [5, 5.41) is 0. The van der Waals surface area contributed by atoms with Crippen LogP contribution >= 0.6 is 0 Å². The molecule has 7 heteroatoms. The fourth-order valence-electron chi connectivity index (χ4n) is 2.16. The predicted molar refractivity (Wildman–Crippen MR) is 123 cm³/mol. The number of carbonyl (C=O) groups excluding carboxylic acids is 2. The lowest BCUT2D eigenvalue weighted by molar-refractivity contribution is -0.146. The van der Waals surface area contributed by atoms with Crippen LogP contribution in [0, 0.1) is 5.41 Å². The van der Waals surface area contributed by atoms with E-state index in [1.54, 1.807) is 0 Å². The van der Waals surface area contributed by atoms with Crippen LogP contribution in [0.1, 0.15) is 66.7 Å². The molecular weight excluding hydrogens is 384 g/mol. The lowest BCUT2D eigenvalue weighted by atomic mass is 9.91. The SMILES string of the molecule is CC.CN(C)CCOCCN(C)CCC(=O)OCCCCOC(=O)CCC(C)(C)C. The number of hydrogen-bond acceptors (Lipinski definition) is 7. The van der Waals surface area contributed by atoms with Crippen molar-refractivity contribution in [3.05, 3.63) is 0 Å². The van der Waals surface area contributed by atoms with Crippen molar-refractivity contribution in [1.82, 2.24) is 9.80 Å². The number of carbonyl (C=O) groups is 2. The first kappa shape index (κ1) is 31.0. The van der Waals surface area contributed by atoms with Crippen LogP contribution < -0.4 is 0 Å². The summed E-state index contributed by atoms with van der Waals surface area (Å²) in [6.07, 6.45) is 3.05. The van der Waals surface area contributed by atoms with E-state index >= 15 is 0 Å². The van der Waals surface area contributed by atoms with Crippen molar-refractivity contribution in [3.63, 3.8) is 0 Å². The molecule has 0 aliphatic rings. The Hall–Kier alpha value is -1.18. The minimum atomic E-state index is -0.192. The highest BCUT2D eigenvalue weighted by Gasteiger charge is 2.13. The maximum Gasteiger partial charge on any atom is 0.307 e. The molecule has 0 saturated carbocycles. The van der Waals surface area contributed by atoms with Gasteiger partial charge in [0, 0.05) is 26.1 Å². The molecule has 0 aliphatic heterocycles. The molecule has 0 saturated heterocycles. The lowest BCUT2D eigenvalue weighted by Crippen LogP contribution is -2.27. The number of rotatable bonds is 16. The monoisotopic (exact) mass is 432 g/mol. The average Bonchev–Trinajstić information content (AvgIpc) is 2.68. The Morgan fingerprint density at radius 3 is 1.73 bits per heavy atom. The minimum Gasteiger partial charge on any atom is -0.466 e. The molecule has 0 N–H and O–H groups in total. The maximum absolute atomic E-state index is 11.7. The van der Waals surface area contributed by atoms with Gasteiger partial charge in [-0.2, -0.15) is 0 Å². The molecule has 180 valence electrons. The van der Waals surface area contributed by atoms with Gasteiger partial charge in [0.15, 0.2) is 0 Å². The summed E-state index contributed by atoms with van der Waals surface area (Å²) < 4.78 is 15.9. The van der Waals surface area contributed by atoms with Crippen molar-refractivity contribution >= 4 is 11.9 Å². The van der Waals surface area contributed by atoms with Crippen LogP contribution in [0.15, 0.2) is 0 Å². The fraction of sp³-hybridized carbons (Fsp3) is 0.913. The zero-order valence-corrected chi connectivity index (χ0v) is 20.9. The third-order valence-electron chi connectivity index (χ3n) is 4.14. The fourth-order valence-corrected chi connectivity index (χ4v) is 2.16. The van der Waals surface area contributed by atoms with Crippen molar-refractivity contribution in [2.24, 2.45) is 5.41 Å². The molecule has 0 aromatic rings. The van der Waals surface area contributed by atoms with Crippen molar-refractivity contribution in [2.45, 2.75) is 66.7 Å². The van der Waals surface area contributed by atoms with Gasteiger partial charge in [-0.3, -0.25) is 9.59 Å². The van der Waals surface area contributed by atoms with Gasteiger partial charge in [-0.1, -0.05) is 34.6 Å². The molecule has 0 aromatic carbocycles. The highest BCUT2D eigenvalue weighted by atomic mass is 16.5. The number of ether oxygens (including phenoxy) is 3. The molecule has 7 nitrogen and oxygen atoms in total. The van der Waals surface area contributed by atoms with Gasteiger partial charge < -0.3 is 24.0 Å². The zero-order valence-electron chi connectivity index (χ0n) is 20.9. The molecule has 30 heavy (non-hydrogen) atoms. The van der Waals surface area contributed by atoms with E-state index in [1.165, 1.54) is 0 Å². The molecule has 0 bridgehead atoms. The summed E-state index contributed by atoms with van der Waals surface area (Å²) in [5.41, 5.74) is 0.139. The quantitative estimate of drug-likeness (QED) is 0.273. The van der Waals surface area contributed by atoms with E-state index in [1.807, 2.05) is 35.0 Å². The number of esters is 2. The number of unbranched alkanes of at least 4 members (excludes halogenated alkanes) is 1. The number of hydrogen-bond donors (Lipinski definition) is 0. The van der Waals surface area contributed by atoms with E-state index in [0.717, 1.165) is 26.1 Å². The Labute approximate surface area is 185 Å². The van der Waals surface area contributed by atoms with Gasteiger partial charge in [-0.05, 0) is 45.8 Å². The van der Waals surface area contributed by atoms with E-state index in [4.69, 9.17) is 14.2 Å². The first-order valence-electron chi connectivity index (χ1n) is 11.3. The van der Waals surface area contributed by atoms with Gasteiger partial charge in [-0.15, -0.1) is 0 Å². The molecule has 0 heterocycles. The molecule has 0 unspecified atom stereocenters. The summed E-state index contributed by atoms with van der Waals surface area (Å²) in [7, 11) is 6.00. The number of likely N-dealkylation sites (N-methyl/N-ethyl adjacent to an activating group) is 2. The van der Waals surface area contributed by atoms with Crippen LogP contribution in [0.25, 0.3) is 0 Å². The van der Waals surface area contributed by atoms with E-state index < -0.39 is 0 Å². The first-order valence-corrected chi connectivity index (χ1v) is 11.3. The van der Waals surface area contributed by atoms with Gasteiger partial charge in [-0.25, -0.2) is 0 Å². The standard InChI is InChI=1S/C21H42N2O5.C2H6/c1-21(2,3)11-9-19(24)27-15-7-8-16-28-20(25)10-12-23(6)14-18-26-17-13-22(4)5;1-2/h7-18H2,1-6H3;1-2H3. The minimum absolute atomic E-state index is 0.139. The molecule has 0 aromatic heterocycles. The molecule has 0 fully saturated rings. The smallest absolute Gasteiger partial charge is 0.307 e. The second kappa shape index (κ2) is 19.8. The molecule has 0 spiro atoms. The van der Waals surface area contributed by atoms with Crippen LogP contribution in [-0.4, -0.2) is 88.9 Å². The van der Waals surface area contributed by atoms with Crippen LogP contribution in [-0.2, 0) is 23.8 Å². The lowest BCUT2D eigenvalue weighted by Gasteiger charge is -2.17. The third kappa shape index (κ3) is 24.9. The van der Waals surface area contributed by atoms with Crippen molar-refractivity contribution < 1.29 is 23.8 Å². The first-order chi connectivity index (χ1) is 14.1. The van der Waals surface area contributed by atoms with Gasteiger partial charge >= 0.3 is 11.9 Å². The Bertz CT molecular complexity index is 422. The van der Waals surface area contributed by atoms with Crippen molar-refractivity contribution in [3.8, 4) is 0 Å². The molecular formula is C23H48N2O5. The average molecular weight is 433 g/mol. The highest BCUT2D eigenvalue weighted by Crippen LogP contribution is 2.20. The van der Waals surface area contributed by atoms with Gasteiger partial charge in [0.25, 0.3) is 0 Å². The topological polar surface area (TPSA) is 68.3 Å². The summed E-state index contributed by atoms with van der Waals surface area (Å²) in [5.74, 6) is -0.344. The predicted octanol–water partition coefficient (Wildman–Crippen LogP) is 3.61. The number of nitrogens with zero attached hydrogens (tertiary/aromatic N) is 2. The zero-order chi connectivity index (χ0) is 23.4. The van der Waals surface area contributed by atoms with Crippen LogP contribution in [0.2, 0.25) is 0 Å². The van der Waals surface area contributed by atoms with Crippen LogP contribution in [0.5, 0.6) is 0 Å². The van der Waals surface area contributed by atoms with Gasteiger partial charge in [0.1, 0.15) is 0 Å². The normalized spacial score (nSPS) is 11.3. The Balaban J connectivity index is 0. The summed E-state index contributed by atoms with van der Waals surface area (Å²) in [6, 6.07) is 0. The highest BCUT2D eigenvalue weighted by molar-refractivity contribution is 5.69. The summed E-state index contributed by atoms with van der Waals surface area (Å²) >= 11 is 0. The Morgan fingerprint density at radius 2 is 1.23 bits per heavy atom. The Kier molecular flexibility index (Phi) is 20.4. The summed E-state index contributed by atoms with van der Waals surface area (Å²) in [6.45, 7) is 14.8. The Morgan fingerprint density at radius 1 is 0.733 bits per heavy atom. The van der Waals surface area contributed by atoms with Crippen molar-refractivity contribution in [1.29, 1.82) is 0 Å². The molecule has 0 atom stereocenters. The summed E-state index contributed by atoms with van der Waals surface area (Å²) in [4.78, 5) is 27.5. The van der Waals surface area contributed by atoms with Gasteiger partial charge in [0.2, 0.25) is 0 Å². The van der Waals surface area contributed by atoms with E-state index in [2.05, 4.69) is 30.6 Å². The second-order valence-electron chi connectivity index (χ2n) is 8.68. The third-order valence-corrected chi connectivity index (χ3v) is 4.14. The largest absolute Gasteiger partial charge is 0.466 e. The molecule has 0 aliphatic carbocycles. The maximum atomic E-state index is 11.7. The van der Waals surface area contributed by atoms with E-state index in [9.17, 15) is 9.59 Å². The molecule has 0 amide bonds. The van der Waals surface area contributed by atoms with Crippen molar-refractivity contribution in [2.75, 3.05) is 67.2 Å². The van der Waals surface area contributed by atoms with Gasteiger partial charge in [0.05, 0.1) is 32.8 Å². The molecule has 0 radical (unpaired) electrons. The van der Waals surface area contributed by atoms with E-state index in [-0.39, 0.29) is 17.4 Å². The van der Waals surface area contributed by atoms with Crippen LogP contribution in [0.4, 0.5) is 0 Å². The molecule has 0 rings (SSSR count). The van der Waals surface area contributed by atoms with Crippen LogP contribution in [0.3, 0.4) is 0 Å². The van der Waals surface area contributed by atoms with E-state index in [0.29, 0.717) is 52.0 Å².